The van der Waals surface area contributed by atoms with Gasteiger partial charge in [0.2, 0.25) is 5.91 Å². The van der Waals surface area contributed by atoms with Crippen molar-refractivity contribution < 1.29 is 18.8 Å². The summed E-state index contributed by atoms with van der Waals surface area (Å²) in [6.07, 6.45) is 6.31. The Hall–Kier alpha value is -3.09. The van der Waals surface area contributed by atoms with Gasteiger partial charge in [0.15, 0.2) is 0 Å². The van der Waals surface area contributed by atoms with Crippen molar-refractivity contribution in [3.05, 3.63) is 59.0 Å². The van der Waals surface area contributed by atoms with Gasteiger partial charge in [-0.25, -0.2) is 9.37 Å². The van der Waals surface area contributed by atoms with Crippen LogP contribution in [0.2, 0.25) is 0 Å². The number of nitrogens with one attached hydrogen (secondary N) is 1. The summed E-state index contributed by atoms with van der Waals surface area (Å²) in [5.41, 5.74) is 2.10. The van der Waals surface area contributed by atoms with E-state index in [-0.39, 0.29) is 40.8 Å². The molecule has 3 aliphatic rings. The number of amides is 2. The minimum Gasteiger partial charge on any atom is -0.345 e. The lowest BCUT2D eigenvalue weighted by molar-refractivity contribution is -0.129. The summed E-state index contributed by atoms with van der Waals surface area (Å²) in [7, 11) is 3.35. The third kappa shape index (κ3) is 4.22. The third-order valence-electron chi connectivity index (χ3n) is 8.99. The fourth-order valence-electron chi connectivity index (χ4n) is 7.27. The monoisotopic (exact) mass is 491 g/mol. The minimum absolute atomic E-state index is 0.109. The number of benzene rings is 1. The highest BCUT2D eigenvalue weighted by molar-refractivity contribution is 5.94. The van der Waals surface area contributed by atoms with Gasteiger partial charge in [0, 0.05) is 38.5 Å². The number of ketones is 1. The zero-order valence-electron chi connectivity index (χ0n) is 21.2. The molecule has 1 aromatic carbocycles. The van der Waals surface area contributed by atoms with Crippen molar-refractivity contribution >= 4 is 23.4 Å². The average Bonchev–Trinajstić information content (AvgIpc) is 3.12. The molecular formula is C29H34FN3O3. The minimum atomic E-state index is -0.344. The van der Waals surface area contributed by atoms with Crippen molar-refractivity contribution in [1.29, 1.82) is 0 Å². The van der Waals surface area contributed by atoms with Crippen LogP contribution in [0.3, 0.4) is 0 Å². The summed E-state index contributed by atoms with van der Waals surface area (Å²) in [5, 5.41) is 2.83. The second-order valence-electron chi connectivity index (χ2n) is 11.2. The largest absolute Gasteiger partial charge is 0.345 e. The molecule has 3 unspecified atom stereocenters. The Morgan fingerprint density at radius 2 is 2.00 bits per heavy atom. The molecule has 0 saturated heterocycles. The highest BCUT2D eigenvalue weighted by Gasteiger charge is 2.58. The van der Waals surface area contributed by atoms with Crippen LogP contribution in [0.1, 0.15) is 72.9 Å². The second kappa shape index (κ2) is 9.41. The highest BCUT2D eigenvalue weighted by atomic mass is 19.1. The van der Waals surface area contributed by atoms with E-state index in [1.165, 1.54) is 11.1 Å². The molecule has 5 rings (SSSR count). The van der Waals surface area contributed by atoms with Gasteiger partial charge < -0.3 is 10.2 Å². The number of pyridine rings is 1. The maximum atomic E-state index is 14.5. The summed E-state index contributed by atoms with van der Waals surface area (Å²) in [4.78, 5) is 43.6. The topological polar surface area (TPSA) is 79.4 Å². The Morgan fingerprint density at radius 1 is 1.19 bits per heavy atom. The van der Waals surface area contributed by atoms with Crippen LogP contribution in [-0.4, -0.2) is 41.6 Å². The number of hydrogen-bond donors (Lipinski definition) is 1. The maximum Gasteiger partial charge on any atom is 0.254 e. The molecule has 2 aromatic rings. The van der Waals surface area contributed by atoms with Crippen LogP contribution in [0, 0.1) is 29.0 Å². The molecular weight excluding hydrogens is 457 g/mol. The smallest absolute Gasteiger partial charge is 0.254 e. The van der Waals surface area contributed by atoms with Crippen molar-refractivity contribution in [2.24, 2.45) is 23.2 Å². The van der Waals surface area contributed by atoms with Gasteiger partial charge in [-0.05, 0) is 85.1 Å². The van der Waals surface area contributed by atoms with Crippen molar-refractivity contribution in [3.8, 4) is 0 Å². The molecule has 36 heavy (non-hydrogen) atoms. The molecule has 6 nitrogen and oxygen atoms in total. The molecule has 0 aliphatic heterocycles. The van der Waals surface area contributed by atoms with E-state index in [4.69, 9.17) is 0 Å². The number of anilines is 1. The molecule has 0 radical (unpaired) electrons. The lowest BCUT2D eigenvalue weighted by atomic mass is 9.54. The van der Waals surface area contributed by atoms with Crippen LogP contribution >= 0.6 is 0 Å². The van der Waals surface area contributed by atoms with Gasteiger partial charge in [0.05, 0.1) is 5.56 Å². The van der Waals surface area contributed by atoms with Gasteiger partial charge in [-0.15, -0.1) is 0 Å². The molecule has 1 N–H and O–H groups in total. The Labute approximate surface area is 211 Å². The Bertz CT molecular complexity index is 1190. The van der Waals surface area contributed by atoms with Crippen LogP contribution in [0.5, 0.6) is 0 Å². The molecule has 1 aromatic heterocycles. The van der Waals surface area contributed by atoms with E-state index in [1.54, 1.807) is 32.3 Å². The van der Waals surface area contributed by atoms with Gasteiger partial charge in [-0.2, -0.15) is 0 Å². The van der Waals surface area contributed by atoms with Crippen LogP contribution in [0.15, 0.2) is 36.5 Å². The van der Waals surface area contributed by atoms with Crippen LogP contribution in [0.25, 0.3) is 0 Å². The van der Waals surface area contributed by atoms with E-state index < -0.39 is 0 Å². The first-order valence-electron chi connectivity index (χ1n) is 13.0. The number of aromatic nitrogens is 1. The number of fused-ring (bicyclic) bond motifs is 5. The first kappa shape index (κ1) is 24.6. The Balaban J connectivity index is 1.27. The zero-order chi connectivity index (χ0) is 25.6. The number of halogens is 1. The van der Waals surface area contributed by atoms with Gasteiger partial charge >= 0.3 is 0 Å². The Morgan fingerprint density at radius 3 is 2.72 bits per heavy atom. The van der Waals surface area contributed by atoms with Gasteiger partial charge in [0.25, 0.3) is 5.91 Å². The van der Waals surface area contributed by atoms with Gasteiger partial charge in [0.1, 0.15) is 17.4 Å². The van der Waals surface area contributed by atoms with Gasteiger partial charge in [-0.1, -0.05) is 19.1 Å². The van der Waals surface area contributed by atoms with E-state index in [1.807, 2.05) is 6.07 Å². The first-order chi connectivity index (χ1) is 17.2. The number of Topliss-reactive ketones (excluding diaryl/α,β-unsaturated/α-hetero) is 1. The predicted octanol–water partition coefficient (Wildman–Crippen LogP) is 4.99. The van der Waals surface area contributed by atoms with Crippen molar-refractivity contribution in [3.63, 3.8) is 0 Å². The standard InChI is InChI=1S/C29H34FN3O3/c1-29-14-13-20-19-5-4-6-23(30)21(19)9-10-22(20)27(29)17(15-24(29)34)8-12-26(35)32-25-11-7-18(16-31-25)28(36)33(2)3/h4-7,11,16-17,20,22,27H,8-10,12-15H2,1-3H3,(H,31,32,35)/t17-,20?,22?,27?,29-/m1/s1. The lowest BCUT2D eigenvalue weighted by Gasteiger charge is -2.50. The molecule has 2 amide bonds. The average molecular weight is 492 g/mol. The predicted molar refractivity (Wildman–Crippen MR) is 135 cm³/mol. The molecule has 3 aliphatic carbocycles. The number of carbonyl (C=O) groups excluding carboxylic acids is 3. The normalized spacial score (nSPS) is 28.6. The van der Waals surface area contributed by atoms with Crippen LogP contribution < -0.4 is 5.32 Å². The number of nitrogens with zero attached hydrogens (tertiary/aromatic N) is 2. The molecule has 2 saturated carbocycles. The summed E-state index contributed by atoms with van der Waals surface area (Å²) < 4.78 is 14.5. The molecule has 190 valence electrons. The van der Waals surface area contributed by atoms with E-state index >= 15 is 0 Å². The molecule has 0 spiro atoms. The van der Waals surface area contributed by atoms with Crippen LogP contribution in [0.4, 0.5) is 10.2 Å². The summed E-state index contributed by atoms with van der Waals surface area (Å²) >= 11 is 0. The Kier molecular flexibility index (Phi) is 6.43. The van der Waals surface area contributed by atoms with E-state index in [0.29, 0.717) is 42.3 Å². The highest BCUT2D eigenvalue weighted by Crippen LogP contribution is 2.62. The molecule has 7 heteroatoms. The molecule has 0 bridgehead atoms. The summed E-state index contributed by atoms with van der Waals surface area (Å²) in [5.74, 6) is 1.36. The molecule has 2 fully saturated rings. The SMILES string of the molecule is CN(C)C(=O)c1ccc(NC(=O)CC[C@@H]2CC(=O)[C@@]3(C)CCC4c5cccc(F)c5CCC4C23)nc1. The maximum absolute atomic E-state index is 14.5. The third-order valence-corrected chi connectivity index (χ3v) is 8.99. The summed E-state index contributed by atoms with van der Waals surface area (Å²) in [6.45, 7) is 2.12. The molecule has 1 heterocycles. The van der Waals surface area contributed by atoms with Crippen molar-refractivity contribution in [2.75, 3.05) is 19.4 Å². The van der Waals surface area contributed by atoms with E-state index in [9.17, 15) is 18.8 Å². The first-order valence-corrected chi connectivity index (χ1v) is 13.0. The summed E-state index contributed by atoms with van der Waals surface area (Å²) in [6, 6.07) is 8.71. The number of rotatable bonds is 5. The van der Waals surface area contributed by atoms with Crippen molar-refractivity contribution in [2.45, 2.75) is 57.8 Å². The van der Waals surface area contributed by atoms with E-state index in [2.05, 4.69) is 23.3 Å². The lowest BCUT2D eigenvalue weighted by Crippen LogP contribution is -2.44. The molecule has 5 atom stereocenters. The fourth-order valence-corrected chi connectivity index (χ4v) is 7.27. The zero-order valence-corrected chi connectivity index (χ0v) is 21.2. The second-order valence-corrected chi connectivity index (χ2v) is 11.2. The van der Waals surface area contributed by atoms with Crippen molar-refractivity contribution in [1.82, 2.24) is 9.88 Å². The number of hydrogen-bond acceptors (Lipinski definition) is 4. The number of carbonyl (C=O) groups is 3. The fraction of sp³-hybridized carbons (Fsp3) is 0.517. The van der Waals surface area contributed by atoms with Crippen LogP contribution in [-0.2, 0) is 16.0 Å². The van der Waals surface area contributed by atoms with Gasteiger partial charge in [-0.3, -0.25) is 14.4 Å². The quantitative estimate of drug-likeness (QED) is 0.639. The van der Waals surface area contributed by atoms with E-state index in [0.717, 1.165) is 36.8 Å².